The van der Waals surface area contributed by atoms with Crippen LogP contribution in [0.2, 0.25) is 37.8 Å². The van der Waals surface area contributed by atoms with Gasteiger partial charge in [-0.05, 0) is 90.3 Å². The van der Waals surface area contributed by atoms with Crippen molar-refractivity contribution in [1.82, 2.24) is 0 Å². The standard InChI is InChI=1S/C26H46O5Si2/c1-19(15-13-17-29-33(10,11)24(3,4)5)14-12-16-25(6)26(31-32(7,8)9)21(27)18-20(2)22(26)23(28)30-25/h14,18,22H,12-13,15-17H2,1-11H3/b19-14+/t22-,25-,26+/m1/s1. The van der Waals surface area contributed by atoms with Crippen LogP contribution in [-0.2, 0) is 23.2 Å². The zero-order valence-electron chi connectivity index (χ0n) is 22.8. The highest BCUT2D eigenvalue weighted by Gasteiger charge is 2.72. The first kappa shape index (κ1) is 28.2. The number of esters is 1. The van der Waals surface area contributed by atoms with Crippen molar-refractivity contribution in [3.05, 3.63) is 23.3 Å². The number of cyclic esters (lactones) is 1. The van der Waals surface area contributed by atoms with Crippen molar-refractivity contribution in [1.29, 1.82) is 0 Å². The van der Waals surface area contributed by atoms with E-state index in [0.717, 1.165) is 31.4 Å². The molecular weight excluding hydrogens is 448 g/mol. The molecule has 0 aromatic carbocycles. The van der Waals surface area contributed by atoms with E-state index in [9.17, 15) is 9.59 Å². The molecule has 1 fully saturated rings. The number of allylic oxidation sites excluding steroid dienone is 2. The van der Waals surface area contributed by atoms with Gasteiger partial charge in [0.25, 0.3) is 0 Å². The maximum Gasteiger partial charge on any atom is 0.317 e. The van der Waals surface area contributed by atoms with Crippen LogP contribution in [-0.4, -0.2) is 46.2 Å². The predicted octanol–water partition coefficient (Wildman–Crippen LogP) is 6.57. The third kappa shape index (κ3) is 5.80. The van der Waals surface area contributed by atoms with E-state index in [1.165, 1.54) is 5.57 Å². The van der Waals surface area contributed by atoms with Crippen molar-refractivity contribution in [3.63, 3.8) is 0 Å². The zero-order valence-corrected chi connectivity index (χ0v) is 24.8. The predicted molar refractivity (Wildman–Crippen MR) is 139 cm³/mol. The molecule has 5 nitrogen and oxygen atoms in total. The minimum atomic E-state index is -2.13. The highest BCUT2D eigenvalue weighted by Crippen LogP contribution is 2.54. The van der Waals surface area contributed by atoms with Gasteiger partial charge < -0.3 is 13.6 Å². The molecule has 33 heavy (non-hydrogen) atoms. The quantitative estimate of drug-likeness (QED) is 0.149. The van der Waals surface area contributed by atoms with Gasteiger partial charge in [0.15, 0.2) is 28.0 Å². The Balaban J connectivity index is 2.03. The van der Waals surface area contributed by atoms with Crippen LogP contribution >= 0.6 is 0 Å². The second-order valence-electron chi connectivity index (χ2n) is 12.6. The van der Waals surface area contributed by atoms with Crippen molar-refractivity contribution in [3.8, 4) is 0 Å². The van der Waals surface area contributed by atoms with Crippen LogP contribution in [0.15, 0.2) is 23.3 Å². The van der Waals surface area contributed by atoms with Crippen molar-refractivity contribution in [2.24, 2.45) is 5.92 Å². The van der Waals surface area contributed by atoms with Gasteiger partial charge in [-0.1, -0.05) is 38.0 Å². The lowest BCUT2D eigenvalue weighted by atomic mass is 9.74. The summed E-state index contributed by atoms with van der Waals surface area (Å²) in [6, 6.07) is 0. The van der Waals surface area contributed by atoms with E-state index in [1.807, 2.05) is 13.8 Å². The number of hydrogen-bond acceptors (Lipinski definition) is 5. The number of ketones is 1. The van der Waals surface area contributed by atoms with Crippen molar-refractivity contribution in [2.45, 2.75) is 116 Å². The molecule has 1 aliphatic carbocycles. The van der Waals surface area contributed by atoms with E-state index >= 15 is 0 Å². The molecule has 1 heterocycles. The molecule has 1 saturated heterocycles. The summed E-state index contributed by atoms with van der Waals surface area (Å²) >= 11 is 0. The minimum Gasteiger partial charge on any atom is -0.455 e. The Kier molecular flexibility index (Phi) is 8.17. The van der Waals surface area contributed by atoms with Gasteiger partial charge in [0, 0.05) is 6.61 Å². The molecule has 0 aromatic rings. The first-order valence-electron chi connectivity index (χ1n) is 12.3. The Labute approximate surface area is 203 Å². The molecule has 0 aromatic heterocycles. The van der Waals surface area contributed by atoms with E-state index in [1.54, 1.807) is 6.08 Å². The highest BCUT2D eigenvalue weighted by molar-refractivity contribution is 6.74. The summed E-state index contributed by atoms with van der Waals surface area (Å²) in [5, 5.41) is 0.225. The molecule has 0 bridgehead atoms. The van der Waals surface area contributed by atoms with Gasteiger partial charge in [-0.3, -0.25) is 9.59 Å². The number of rotatable bonds is 10. The largest absolute Gasteiger partial charge is 0.455 e. The number of hydrogen-bond donors (Lipinski definition) is 0. The van der Waals surface area contributed by atoms with Crippen LogP contribution in [0.4, 0.5) is 0 Å². The number of carbonyl (C=O) groups is 2. The molecule has 2 rings (SSSR count). The molecule has 0 N–H and O–H groups in total. The van der Waals surface area contributed by atoms with E-state index in [0.29, 0.717) is 6.42 Å². The fourth-order valence-electron chi connectivity index (χ4n) is 4.66. The van der Waals surface area contributed by atoms with Crippen LogP contribution in [0.25, 0.3) is 0 Å². The Hall–Kier alpha value is -1.03. The number of ether oxygens (including phenoxy) is 1. The van der Waals surface area contributed by atoms with Gasteiger partial charge in [0.1, 0.15) is 11.5 Å². The second-order valence-corrected chi connectivity index (χ2v) is 21.8. The van der Waals surface area contributed by atoms with Gasteiger partial charge in [-0.15, -0.1) is 0 Å². The first-order valence-corrected chi connectivity index (χ1v) is 18.6. The Morgan fingerprint density at radius 2 is 1.79 bits per heavy atom. The van der Waals surface area contributed by atoms with Crippen LogP contribution < -0.4 is 0 Å². The number of carbonyl (C=O) groups excluding carboxylic acids is 2. The Morgan fingerprint density at radius 3 is 2.33 bits per heavy atom. The zero-order chi connectivity index (χ0) is 25.5. The van der Waals surface area contributed by atoms with Gasteiger partial charge in [-0.2, -0.15) is 0 Å². The molecule has 188 valence electrons. The lowest BCUT2D eigenvalue weighted by Gasteiger charge is -2.43. The summed E-state index contributed by atoms with van der Waals surface area (Å²) < 4.78 is 18.7. The molecule has 1 aliphatic heterocycles. The lowest BCUT2D eigenvalue weighted by molar-refractivity contribution is -0.158. The molecule has 0 saturated carbocycles. The fraction of sp³-hybridized carbons (Fsp3) is 0.769. The van der Waals surface area contributed by atoms with Crippen LogP contribution in [0.5, 0.6) is 0 Å². The smallest absolute Gasteiger partial charge is 0.317 e. The summed E-state index contributed by atoms with van der Waals surface area (Å²) in [6.45, 7) is 24.1. The molecule has 0 amide bonds. The van der Waals surface area contributed by atoms with Gasteiger partial charge in [-0.25, -0.2) is 0 Å². The van der Waals surface area contributed by atoms with Crippen LogP contribution in [0, 0.1) is 5.92 Å². The third-order valence-corrected chi connectivity index (χ3v) is 13.0. The fourth-order valence-corrected chi connectivity index (χ4v) is 7.15. The summed E-state index contributed by atoms with van der Waals surface area (Å²) in [7, 11) is -3.84. The van der Waals surface area contributed by atoms with Crippen LogP contribution in [0.1, 0.15) is 67.2 Å². The normalized spacial score (nSPS) is 28.8. The van der Waals surface area contributed by atoms with Crippen molar-refractivity contribution in [2.75, 3.05) is 6.61 Å². The topological polar surface area (TPSA) is 61.8 Å². The average molecular weight is 495 g/mol. The van der Waals surface area contributed by atoms with Gasteiger partial charge in [0.2, 0.25) is 0 Å². The summed E-state index contributed by atoms with van der Waals surface area (Å²) in [4.78, 5) is 26.0. The summed E-state index contributed by atoms with van der Waals surface area (Å²) in [6.07, 6.45) is 7.06. The molecule has 0 radical (unpaired) electrons. The highest BCUT2D eigenvalue weighted by atomic mass is 28.4. The maximum atomic E-state index is 13.2. The van der Waals surface area contributed by atoms with Crippen molar-refractivity contribution < 1.29 is 23.2 Å². The molecule has 7 heteroatoms. The number of fused-ring (bicyclic) bond motifs is 1. The Morgan fingerprint density at radius 1 is 1.18 bits per heavy atom. The molecule has 0 spiro atoms. The second kappa shape index (κ2) is 9.55. The van der Waals surface area contributed by atoms with E-state index in [2.05, 4.69) is 66.5 Å². The minimum absolute atomic E-state index is 0.121. The SMILES string of the molecule is CC1=CC(=O)[C@]2(O[Si](C)(C)C)[C@H]1C(=O)O[C@]2(C)CC/C=C(\C)CCCO[Si](C)(C)C(C)(C)C. The molecule has 2 aliphatic rings. The van der Waals surface area contributed by atoms with E-state index in [4.69, 9.17) is 13.6 Å². The maximum absolute atomic E-state index is 13.2. The summed E-state index contributed by atoms with van der Waals surface area (Å²) in [5.41, 5.74) is -0.147. The summed E-state index contributed by atoms with van der Waals surface area (Å²) in [5.74, 6) is -1.08. The van der Waals surface area contributed by atoms with Crippen LogP contribution in [0.3, 0.4) is 0 Å². The molecule has 0 unspecified atom stereocenters. The lowest BCUT2D eigenvalue weighted by Crippen LogP contribution is -2.61. The van der Waals surface area contributed by atoms with E-state index in [-0.39, 0.29) is 16.8 Å². The first-order chi connectivity index (χ1) is 14.9. The third-order valence-electron chi connectivity index (χ3n) is 7.50. The van der Waals surface area contributed by atoms with E-state index < -0.39 is 33.8 Å². The average Bonchev–Trinajstić information content (AvgIpc) is 2.99. The molecule has 3 atom stereocenters. The van der Waals surface area contributed by atoms with Gasteiger partial charge in [0.05, 0.1) is 0 Å². The van der Waals surface area contributed by atoms with Crippen molar-refractivity contribution >= 4 is 28.4 Å². The Bertz CT molecular complexity index is 831. The monoisotopic (exact) mass is 494 g/mol. The van der Waals surface area contributed by atoms with Gasteiger partial charge >= 0.3 is 5.97 Å². The molecular formula is C26H46O5Si2.